The van der Waals surface area contributed by atoms with Crippen LogP contribution in [0.5, 0.6) is 0 Å². The number of rotatable bonds is 5. The predicted octanol–water partition coefficient (Wildman–Crippen LogP) is 2.31. The minimum atomic E-state index is -3.15. The average Bonchev–Trinajstić information content (AvgIpc) is 2.77. The number of H-pyrrole nitrogens is 1. The number of nitrogens with one attached hydrogen (secondary N) is 1. The van der Waals surface area contributed by atoms with E-state index in [1.807, 2.05) is 12.3 Å². The number of aromatic nitrogens is 1. The third-order valence-electron chi connectivity index (χ3n) is 3.47. The van der Waals surface area contributed by atoms with Crippen LogP contribution in [-0.4, -0.2) is 44.7 Å². The number of hydrogen-bond donors (Lipinski definition) is 1. The highest BCUT2D eigenvalue weighted by Crippen LogP contribution is 2.22. The number of fused-ring (bicyclic) bond motifs is 1. The summed E-state index contributed by atoms with van der Waals surface area (Å²) in [5, 5.41) is 1.01. The summed E-state index contributed by atoms with van der Waals surface area (Å²) in [7, 11) is -1.07. The second kappa shape index (κ2) is 5.35. The normalized spacial score (nSPS) is 12.4. The molecule has 0 unspecified atom stereocenters. The zero-order chi connectivity index (χ0) is 14.0. The summed E-state index contributed by atoms with van der Waals surface area (Å²) in [5.41, 5.74) is 2.15. The Morgan fingerprint density at radius 2 is 2.11 bits per heavy atom. The highest BCUT2D eigenvalue weighted by atomic mass is 32.2. The molecule has 1 aromatic heterocycles. The Balaban J connectivity index is 0.00000200. The van der Waals surface area contributed by atoms with Crippen LogP contribution in [0.25, 0.3) is 10.9 Å². The first-order chi connectivity index (χ1) is 8.91. The van der Waals surface area contributed by atoms with E-state index < -0.39 is 9.84 Å². The van der Waals surface area contributed by atoms with Gasteiger partial charge in [-0.05, 0) is 43.8 Å². The molecule has 1 aromatic carbocycles. The fourth-order valence-corrected chi connectivity index (χ4v) is 2.71. The van der Waals surface area contributed by atoms with Gasteiger partial charge in [-0.15, -0.1) is 0 Å². The molecule has 1 heterocycles. The van der Waals surface area contributed by atoms with Crippen molar-refractivity contribution in [3.05, 3.63) is 30.0 Å². The van der Waals surface area contributed by atoms with Crippen molar-refractivity contribution in [2.45, 2.75) is 18.2 Å². The van der Waals surface area contributed by atoms with Crippen molar-refractivity contribution in [1.82, 2.24) is 9.88 Å². The van der Waals surface area contributed by atoms with Gasteiger partial charge in [0.15, 0.2) is 9.84 Å². The molecule has 0 saturated carbocycles. The lowest BCUT2D eigenvalue weighted by molar-refractivity contribution is 0.358. The van der Waals surface area contributed by atoms with Gasteiger partial charge in [0.25, 0.3) is 0 Å². The Bertz CT molecular complexity index is 680. The first-order valence-electron chi connectivity index (χ1n) is 6.40. The molecule has 0 radical (unpaired) electrons. The molecule has 0 saturated heterocycles. The van der Waals surface area contributed by atoms with E-state index in [0.717, 1.165) is 30.4 Å². The molecular weight excluding hydrogens is 260 g/mol. The molecular formula is C14H22N2O2S. The van der Waals surface area contributed by atoms with Crippen LogP contribution in [0.2, 0.25) is 0 Å². The summed E-state index contributed by atoms with van der Waals surface area (Å²) in [6.45, 7) is 4.10. The Morgan fingerprint density at radius 3 is 2.74 bits per heavy atom. The maximum atomic E-state index is 11.6. The van der Waals surface area contributed by atoms with Gasteiger partial charge >= 0.3 is 0 Å². The van der Waals surface area contributed by atoms with Gasteiger partial charge in [0.2, 0.25) is 0 Å². The van der Waals surface area contributed by atoms with Crippen molar-refractivity contribution in [2.75, 3.05) is 26.4 Å². The molecule has 0 amide bonds. The van der Waals surface area contributed by atoms with E-state index in [1.54, 1.807) is 12.1 Å². The third-order valence-corrected chi connectivity index (χ3v) is 4.58. The number of hydrogen-bond acceptors (Lipinski definition) is 3. The predicted molar refractivity (Wildman–Crippen MR) is 80.4 cm³/mol. The summed E-state index contributed by atoms with van der Waals surface area (Å²) in [6, 6.07) is 5.25. The molecule has 0 aliphatic heterocycles. The molecule has 2 rings (SSSR count). The fourth-order valence-electron chi connectivity index (χ4n) is 2.06. The summed E-state index contributed by atoms with van der Waals surface area (Å²) in [6.07, 6.45) is 4.13. The highest BCUT2D eigenvalue weighted by molar-refractivity contribution is 7.90. The minimum Gasteiger partial charge on any atom is -0.361 e. The highest BCUT2D eigenvalue weighted by Gasteiger charge is 2.11. The summed E-state index contributed by atoms with van der Waals surface area (Å²) < 4.78 is 23.2. The maximum Gasteiger partial charge on any atom is 0.175 e. The van der Waals surface area contributed by atoms with Gasteiger partial charge < -0.3 is 9.88 Å². The molecule has 0 atom stereocenters. The Morgan fingerprint density at radius 1 is 1.37 bits per heavy atom. The topological polar surface area (TPSA) is 53.2 Å². The Kier molecular flexibility index (Phi) is 3.96. The molecule has 0 fully saturated rings. The second-order valence-electron chi connectivity index (χ2n) is 4.94. The van der Waals surface area contributed by atoms with E-state index in [1.165, 1.54) is 11.8 Å². The molecule has 5 heteroatoms. The summed E-state index contributed by atoms with van der Waals surface area (Å²) in [4.78, 5) is 5.81. The van der Waals surface area contributed by atoms with E-state index in [2.05, 4.69) is 23.9 Å². The van der Waals surface area contributed by atoms with Gasteiger partial charge in [-0.25, -0.2) is 8.42 Å². The average molecular weight is 282 g/mol. The van der Waals surface area contributed by atoms with Gasteiger partial charge in [-0.3, -0.25) is 0 Å². The number of sulfone groups is 1. The number of aromatic amines is 1. The Hall–Kier alpha value is -1.33. The molecule has 106 valence electrons. The second-order valence-corrected chi connectivity index (χ2v) is 6.96. The SMILES string of the molecule is CCN(C)CCc1c[nH]c2ccc(S(C)(=O)=O)cc12.[HH]. The maximum absolute atomic E-state index is 11.6. The molecule has 0 bridgehead atoms. The van der Waals surface area contributed by atoms with Crippen LogP contribution in [0.1, 0.15) is 13.9 Å². The van der Waals surface area contributed by atoms with E-state index >= 15 is 0 Å². The van der Waals surface area contributed by atoms with Crippen LogP contribution < -0.4 is 0 Å². The van der Waals surface area contributed by atoms with E-state index in [9.17, 15) is 8.42 Å². The quantitative estimate of drug-likeness (QED) is 0.915. The van der Waals surface area contributed by atoms with E-state index in [4.69, 9.17) is 0 Å². The van der Waals surface area contributed by atoms with Crippen molar-refractivity contribution < 1.29 is 9.84 Å². The molecule has 2 aromatic rings. The van der Waals surface area contributed by atoms with E-state index in [0.29, 0.717) is 4.90 Å². The number of nitrogens with zero attached hydrogens (tertiary/aromatic N) is 1. The van der Waals surface area contributed by atoms with Gasteiger partial charge in [0.1, 0.15) is 0 Å². The lowest BCUT2D eigenvalue weighted by Crippen LogP contribution is -2.20. The molecule has 1 N–H and O–H groups in total. The zero-order valence-corrected chi connectivity index (χ0v) is 12.4. The third kappa shape index (κ3) is 3.16. The number of benzene rings is 1. The van der Waals surface area contributed by atoms with Crippen LogP contribution in [0.3, 0.4) is 0 Å². The first kappa shape index (κ1) is 14.1. The van der Waals surface area contributed by atoms with Gasteiger partial charge in [0.05, 0.1) is 4.90 Å². The van der Waals surface area contributed by atoms with Crippen molar-refractivity contribution in [3.8, 4) is 0 Å². The first-order valence-corrected chi connectivity index (χ1v) is 8.29. The monoisotopic (exact) mass is 282 g/mol. The smallest absolute Gasteiger partial charge is 0.175 e. The van der Waals surface area contributed by atoms with Crippen molar-refractivity contribution >= 4 is 20.7 Å². The molecule has 19 heavy (non-hydrogen) atoms. The lowest BCUT2D eigenvalue weighted by Gasteiger charge is -2.12. The van der Waals surface area contributed by atoms with Crippen molar-refractivity contribution in [2.24, 2.45) is 0 Å². The molecule has 4 nitrogen and oxygen atoms in total. The summed E-state index contributed by atoms with van der Waals surface area (Å²) in [5.74, 6) is 0. The van der Waals surface area contributed by atoms with Crippen LogP contribution in [0, 0.1) is 0 Å². The molecule has 0 aliphatic carbocycles. The van der Waals surface area contributed by atoms with Crippen LogP contribution in [0.4, 0.5) is 0 Å². The van der Waals surface area contributed by atoms with Crippen LogP contribution in [-0.2, 0) is 16.3 Å². The minimum absolute atomic E-state index is 0. The van der Waals surface area contributed by atoms with Crippen molar-refractivity contribution in [3.63, 3.8) is 0 Å². The largest absolute Gasteiger partial charge is 0.361 e. The van der Waals surface area contributed by atoms with Gasteiger partial charge in [0, 0.05) is 31.3 Å². The standard InChI is InChI=1S/C14H20N2O2S.H2/c1-4-16(2)8-7-11-10-15-14-6-5-12(9-13(11)14)19(3,17)18;/h5-6,9-10,15H,4,7-8H2,1-3H3;1H. The fraction of sp³-hybridized carbons (Fsp3) is 0.429. The molecule has 0 aliphatic rings. The van der Waals surface area contributed by atoms with Crippen LogP contribution >= 0.6 is 0 Å². The van der Waals surface area contributed by atoms with Gasteiger partial charge in [-0.2, -0.15) is 0 Å². The zero-order valence-electron chi connectivity index (χ0n) is 11.6. The van der Waals surface area contributed by atoms with Crippen LogP contribution in [0.15, 0.2) is 29.3 Å². The molecule has 0 spiro atoms. The van der Waals surface area contributed by atoms with Gasteiger partial charge in [-0.1, -0.05) is 6.92 Å². The number of likely N-dealkylation sites (N-methyl/N-ethyl adjacent to an activating group) is 1. The van der Waals surface area contributed by atoms with E-state index in [-0.39, 0.29) is 1.43 Å². The summed E-state index contributed by atoms with van der Waals surface area (Å²) >= 11 is 0. The van der Waals surface area contributed by atoms with Crippen molar-refractivity contribution in [1.29, 1.82) is 0 Å². The lowest BCUT2D eigenvalue weighted by atomic mass is 10.1. The Labute approximate surface area is 115 Å².